The van der Waals surface area contributed by atoms with Crippen LogP contribution in [0.1, 0.15) is 19.3 Å². The standard InChI is InChI=1S/C10H22N4S/c15-8-3-10-9(11-4-1-6-13-10)12-5-2-7-14-10/h9,11-15H,1-8H2. The average Bonchev–Trinajstić information content (AvgIpc) is 2.51. The Bertz CT molecular complexity index is 186. The Balaban J connectivity index is 2.12. The molecule has 0 radical (unpaired) electrons. The molecule has 0 atom stereocenters. The van der Waals surface area contributed by atoms with Crippen molar-refractivity contribution in [3.63, 3.8) is 0 Å². The molecule has 2 heterocycles. The molecule has 0 saturated carbocycles. The van der Waals surface area contributed by atoms with E-state index in [0.29, 0.717) is 6.17 Å². The van der Waals surface area contributed by atoms with Gasteiger partial charge in [0.1, 0.15) is 0 Å². The lowest BCUT2D eigenvalue weighted by molar-refractivity contribution is 0.184. The van der Waals surface area contributed by atoms with Gasteiger partial charge >= 0.3 is 0 Å². The van der Waals surface area contributed by atoms with Gasteiger partial charge in [-0.1, -0.05) is 0 Å². The molecule has 2 saturated heterocycles. The molecule has 0 amide bonds. The van der Waals surface area contributed by atoms with Crippen LogP contribution in [0.25, 0.3) is 0 Å². The minimum Gasteiger partial charge on any atom is -0.299 e. The molecule has 2 aliphatic heterocycles. The van der Waals surface area contributed by atoms with Gasteiger partial charge < -0.3 is 0 Å². The topological polar surface area (TPSA) is 48.1 Å². The monoisotopic (exact) mass is 230 g/mol. The zero-order valence-corrected chi connectivity index (χ0v) is 10.1. The minimum absolute atomic E-state index is 0.00521. The fourth-order valence-electron chi connectivity index (χ4n) is 2.48. The number of hydrogen-bond acceptors (Lipinski definition) is 5. The van der Waals surface area contributed by atoms with Gasteiger partial charge in [0.15, 0.2) is 0 Å². The normalized spacial score (nSPS) is 37.8. The summed E-state index contributed by atoms with van der Waals surface area (Å²) >= 11 is 4.38. The summed E-state index contributed by atoms with van der Waals surface area (Å²) in [5, 5.41) is 14.5. The summed E-state index contributed by atoms with van der Waals surface area (Å²) in [6.45, 7) is 4.32. The van der Waals surface area contributed by atoms with Crippen molar-refractivity contribution >= 4 is 12.6 Å². The number of nitrogens with one attached hydrogen (secondary N) is 4. The molecule has 0 unspecified atom stereocenters. The van der Waals surface area contributed by atoms with Crippen molar-refractivity contribution in [3.8, 4) is 0 Å². The molecule has 0 spiro atoms. The number of rotatable bonds is 2. The average molecular weight is 230 g/mol. The van der Waals surface area contributed by atoms with Gasteiger partial charge in [-0.3, -0.25) is 21.3 Å². The molecule has 5 heteroatoms. The number of hydrogen-bond donors (Lipinski definition) is 5. The van der Waals surface area contributed by atoms with Crippen LogP contribution in [0.15, 0.2) is 0 Å². The van der Waals surface area contributed by atoms with Gasteiger partial charge in [0.25, 0.3) is 0 Å². The predicted octanol–water partition coefficient (Wildman–Crippen LogP) is -0.505. The van der Waals surface area contributed by atoms with Crippen LogP contribution in [-0.2, 0) is 0 Å². The molecule has 4 N–H and O–H groups in total. The second kappa shape index (κ2) is 5.50. The molecule has 88 valence electrons. The second-order valence-corrected chi connectivity index (χ2v) is 4.79. The molecule has 2 aliphatic rings. The van der Waals surface area contributed by atoms with Crippen LogP contribution in [0.2, 0.25) is 0 Å². The molecule has 2 fully saturated rings. The zero-order chi connectivity index (χ0) is 10.6. The number of thiol groups is 1. The Morgan fingerprint density at radius 2 is 1.60 bits per heavy atom. The highest BCUT2D eigenvalue weighted by Crippen LogP contribution is 2.16. The lowest BCUT2D eigenvalue weighted by Gasteiger charge is -2.40. The van der Waals surface area contributed by atoms with Crippen molar-refractivity contribution in [1.29, 1.82) is 0 Å². The molecular weight excluding hydrogens is 208 g/mol. The highest BCUT2D eigenvalue weighted by Gasteiger charge is 2.39. The van der Waals surface area contributed by atoms with Crippen LogP contribution in [0.5, 0.6) is 0 Å². The van der Waals surface area contributed by atoms with E-state index in [-0.39, 0.29) is 5.66 Å². The minimum atomic E-state index is -0.00521. The summed E-state index contributed by atoms with van der Waals surface area (Å²) in [7, 11) is 0. The van der Waals surface area contributed by atoms with Crippen molar-refractivity contribution in [2.75, 3.05) is 31.9 Å². The van der Waals surface area contributed by atoms with E-state index < -0.39 is 0 Å². The fraction of sp³-hybridized carbons (Fsp3) is 1.00. The van der Waals surface area contributed by atoms with E-state index in [1.54, 1.807) is 0 Å². The van der Waals surface area contributed by atoms with E-state index in [1.165, 1.54) is 12.8 Å². The molecule has 0 aliphatic carbocycles. The first kappa shape index (κ1) is 11.7. The summed E-state index contributed by atoms with van der Waals surface area (Å²) in [6.07, 6.45) is 3.75. The van der Waals surface area contributed by atoms with Crippen LogP contribution in [-0.4, -0.2) is 43.8 Å². The quantitative estimate of drug-likeness (QED) is 0.415. The first-order valence-corrected chi connectivity index (χ1v) is 6.58. The largest absolute Gasteiger partial charge is 0.299 e. The van der Waals surface area contributed by atoms with Gasteiger partial charge in [0, 0.05) is 0 Å². The van der Waals surface area contributed by atoms with Gasteiger partial charge in [-0.2, -0.15) is 12.6 Å². The molecular formula is C10H22N4S. The highest BCUT2D eigenvalue weighted by atomic mass is 32.1. The maximum atomic E-state index is 4.38. The van der Waals surface area contributed by atoms with E-state index in [4.69, 9.17) is 0 Å². The Kier molecular flexibility index (Phi) is 4.28. The van der Waals surface area contributed by atoms with E-state index in [1.807, 2.05) is 0 Å². The number of fused-ring (bicyclic) bond motifs is 1. The highest BCUT2D eigenvalue weighted by molar-refractivity contribution is 7.80. The van der Waals surface area contributed by atoms with Crippen molar-refractivity contribution in [1.82, 2.24) is 21.3 Å². The molecule has 0 aromatic carbocycles. The smallest absolute Gasteiger partial charge is 0.0988 e. The lowest BCUT2D eigenvalue weighted by Crippen LogP contribution is -2.70. The Morgan fingerprint density at radius 3 is 2.13 bits per heavy atom. The molecule has 0 aromatic heterocycles. The van der Waals surface area contributed by atoms with Crippen molar-refractivity contribution < 1.29 is 0 Å². The van der Waals surface area contributed by atoms with E-state index in [0.717, 1.165) is 38.4 Å². The third-order valence-corrected chi connectivity index (χ3v) is 3.51. The van der Waals surface area contributed by atoms with Crippen LogP contribution >= 0.6 is 12.6 Å². The SMILES string of the molecule is SCCC12NCCCNC1NCCCN2. The maximum absolute atomic E-state index is 4.38. The molecule has 2 rings (SSSR count). The van der Waals surface area contributed by atoms with Crippen LogP contribution in [0.4, 0.5) is 0 Å². The van der Waals surface area contributed by atoms with Crippen molar-refractivity contribution in [2.24, 2.45) is 0 Å². The predicted molar refractivity (Wildman–Crippen MR) is 66.2 cm³/mol. The van der Waals surface area contributed by atoms with Crippen LogP contribution in [0.3, 0.4) is 0 Å². The van der Waals surface area contributed by atoms with Crippen molar-refractivity contribution in [3.05, 3.63) is 0 Å². The third kappa shape index (κ3) is 2.65. The van der Waals surface area contributed by atoms with E-state index >= 15 is 0 Å². The molecule has 15 heavy (non-hydrogen) atoms. The first-order valence-electron chi connectivity index (χ1n) is 5.95. The first-order chi connectivity index (χ1) is 7.37. The molecule has 0 bridgehead atoms. The Labute approximate surface area is 97.4 Å². The van der Waals surface area contributed by atoms with Gasteiger partial charge in [-0.25, -0.2) is 0 Å². The van der Waals surface area contributed by atoms with Gasteiger partial charge in [0.05, 0.1) is 11.8 Å². The van der Waals surface area contributed by atoms with Crippen LogP contribution in [0, 0.1) is 0 Å². The Hall–Kier alpha value is 0.190. The second-order valence-electron chi connectivity index (χ2n) is 4.35. The lowest BCUT2D eigenvalue weighted by atomic mass is 10.0. The van der Waals surface area contributed by atoms with Crippen LogP contribution < -0.4 is 21.3 Å². The maximum Gasteiger partial charge on any atom is 0.0988 e. The molecule has 4 nitrogen and oxygen atoms in total. The van der Waals surface area contributed by atoms with E-state index in [2.05, 4.69) is 33.9 Å². The summed E-state index contributed by atoms with van der Waals surface area (Å²) in [6, 6.07) is 0. The molecule has 0 aromatic rings. The summed E-state index contributed by atoms with van der Waals surface area (Å²) in [5.74, 6) is 0.903. The summed E-state index contributed by atoms with van der Waals surface area (Å²) in [5.41, 5.74) is -0.00521. The Morgan fingerprint density at radius 1 is 1.00 bits per heavy atom. The van der Waals surface area contributed by atoms with E-state index in [9.17, 15) is 0 Å². The summed E-state index contributed by atoms with van der Waals surface area (Å²) < 4.78 is 0. The fourth-order valence-corrected chi connectivity index (χ4v) is 2.83. The third-order valence-electron chi connectivity index (χ3n) is 3.28. The van der Waals surface area contributed by atoms with Crippen molar-refractivity contribution in [2.45, 2.75) is 31.1 Å². The summed E-state index contributed by atoms with van der Waals surface area (Å²) in [4.78, 5) is 0. The van der Waals surface area contributed by atoms with Gasteiger partial charge in [-0.15, -0.1) is 0 Å². The van der Waals surface area contributed by atoms with Gasteiger partial charge in [0.2, 0.25) is 0 Å². The van der Waals surface area contributed by atoms with Gasteiger partial charge in [-0.05, 0) is 51.2 Å². The zero-order valence-electron chi connectivity index (χ0n) is 9.18.